The third-order valence-corrected chi connectivity index (χ3v) is 2.37. The van der Waals surface area contributed by atoms with E-state index >= 15 is 0 Å². The first kappa shape index (κ1) is 12.4. The van der Waals surface area contributed by atoms with Gasteiger partial charge in [-0.1, -0.05) is 17.7 Å². The molecule has 0 bridgehead atoms. The summed E-state index contributed by atoms with van der Waals surface area (Å²) in [5, 5.41) is 21.8. The molecule has 84 valence electrons. The van der Waals surface area contributed by atoms with Crippen LogP contribution in [-0.4, -0.2) is 29.9 Å². The highest BCUT2D eigenvalue weighted by atomic mass is 35.5. The molecule has 0 aliphatic heterocycles. The van der Waals surface area contributed by atoms with Gasteiger partial charge in [-0.25, -0.2) is 4.39 Å². The summed E-state index contributed by atoms with van der Waals surface area (Å²) < 4.78 is 13.0. The van der Waals surface area contributed by atoms with E-state index in [2.05, 4.69) is 5.32 Å². The number of rotatable bonds is 4. The molecule has 0 spiro atoms. The van der Waals surface area contributed by atoms with Gasteiger partial charge in [-0.3, -0.25) is 0 Å². The number of nitrogens with one attached hydrogen (secondary N) is 1. The molecule has 0 aromatic heterocycles. The summed E-state index contributed by atoms with van der Waals surface area (Å²) in [7, 11) is 1.65. The van der Waals surface area contributed by atoms with Gasteiger partial charge in [0.05, 0.1) is 11.1 Å². The average molecular weight is 234 g/mol. The molecule has 0 aliphatic carbocycles. The Morgan fingerprint density at radius 1 is 1.47 bits per heavy atom. The van der Waals surface area contributed by atoms with Crippen molar-refractivity contribution in [2.75, 3.05) is 13.6 Å². The van der Waals surface area contributed by atoms with E-state index in [9.17, 15) is 14.6 Å². The van der Waals surface area contributed by atoms with Gasteiger partial charge < -0.3 is 15.5 Å². The molecule has 0 saturated carbocycles. The Balaban J connectivity index is 2.81. The van der Waals surface area contributed by atoms with Crippen LogP contribution in [0.5, 0.6) is 0 Å². The molecular weight excluding hydrogens is 221 g/mol. The zero-order valence-corrected chi connectivity index (χ0v) is 9.00. The monoisotopic (exact) mass is 233 g/mol. The molecule has 2 unspecified atom stereocenters. The van der Waals surface area contributed by atoms with Crippen LogP contribution >= 0.6 is 11.6 Å². The summed E-state index contributed by atoms with van der Waals surface area (Å²) in [5.41, 5.74) is 0.305. The van der Waals surface area contributed by atoms with Gasteiger partial charge in [0.1, 0.15) is 11.9 Å². The first-order valence-corrected chi connectivity index (χ1v) is 4.89. The molecule has 0 heterocycles. The Labute approximate surface area is 92.5 Å². The molecular formula is C10H13ClFNO2. The van der Waals surface area contributed by atoms with Crippen molar-refractivity contribution in [2.45, 2.75) is 12.2 Å². The first-order valence-electron chi connectivity index (χ1n) is 4.52. The van der Waals surface area contributed by atoms with Crippen LogP contribution in [0, 0.1) is 5.82 Å². The highest BCUT2D eigenvalue weighted by molar-refractivity contribution is 6.30. The first-order chi connectivity index (χ1) is 7.06. The van der Waals surface area contributed by atoms with Crippen molar-refractivity contribution < 1.29 is 14.6 Å². The Kier molecular flexibility index (Phi) is 4.47. The fraction of sp³-hybridized carbons (Fsp3) is 0.400. The zero-order chi connectivity index (χ0) is 11.4. The van der Waals surface area contributed by atoms with Gasteiger partial charge in [-0.15, -0.1) is 0 Å². The normalized spacial score (nSPS) is 15.0. The Morgan fingerprint density at radius 3 is 2.67 bits per heavy atom. The molecule has 1 aromatic carbocycles. The lowest BCUT2D eigenvalue weighted by atomic mass is 10.0. The second-order valence-corrected chi connectivity index (χ2v) is 3.65. The largest absolute Gasteiger partial charge is 0.389 e. The molecule has 3 N–H and O–H groups in total. The van der Waals surface area contributed by atoms with Crippen LogP contribution < -0.4 is 5.32 Å². The van der Waals surface area contributed by atoms with Crippen LogP contribution in [0.2, 0.25) is 5.02 Å². The van der Waals surface area contributed by atoms with Crippen molar-refractivity contribution in [3.8, 4) is 0 Å². The van der Waals surface area contributed by atoms with Crippen LogP contribution in [0.4, 0.5) is 4.39 Å². The third kappa shape index (κ3) is 3.14. The molecule has 2 atom stereocenters. The predicted molar refractivity (Wildman–Crippen MR) is 56.3 cm³/mol. The lowest BCUT2D eigenvalue weighted by Crippen LogP contribution is -2.29. The quantitative estimate of drug-likeness (QED) is 0.730. The summed E-state index contributed by atoms with van der Waals surface area (Å²) in [6.07, 6.45) is -2.10. The van der Waals surface area contributed by atoms with Crippen molar-refractivity contribution in [3.63, 3.8) is 0 Å². The molecule has 0 amide bonds. The van der Waals surface area contributed by atoms with E-state index < -0.39 is 18.0 Å². The molecule has 1 aromatic rings. The zero-order valence-electron chi connectivity index (χ0n) is 8.24. The molecule has 3 nitrogen and oxygen atoms in total. The number of hydrogen-bond acceptors (Lipinski definition) is 3. The van der Waals surface area contributed by atoms with Gasteiger partial charge in [-0.2, -0.15) is 0 Å². The fourth-order valence-electron chi connectivity index (χ4n) is 1.24. The third-order valence-electron chi connectivity index (χ3n) is 2.06. The lowest BCUT2D eigenvalue weighted by molar-refractivity contribution is 0.0201. The lowest BCUT2D eigenvalue weighted by Gasteiger charge is -2.17. The molecule has 0 saturated heterocycles. The number of hydrogen-bond donors (Lipinski definition) is 3. The summed E-state index contributed by atoms with van der Waals surface area (Å²) in [6, 6.07) is 3.95. The van der Waals surface area contributed by atoms with Gasteiger partial charge in [0.2, 0.25) is 0 Å². The minimum atomic E-state index is -1.12. The molecule has 1 rings (SSSR count). The average Bonchev–Trinajstić information content (AvgIpc) is 2.21. The molecule has 0 fully saturated rings. The minimum Gasteiger partial charge on any atom is -0.389 e. The maximum Gasteiger partial charge on any atom is 0.142 e. The maximum absolute atomic E-state index is 13.0. The summed E-state index contributed by atoms with van der Waals surface area (Å²) >= 11 is 5.49. The summed E-state index contributed by atoms with van der Waals surface area (Å²) in [6.45, 7) is 0.228. The van der Waals surface area contributed by atoms with Crippen LogP contribution in [0.25, 0.3) is 0 Å². The van der Waals surface area contributed by atoms with Crippen molar-refractivity contribution in [1.82, 2.24) is 5.32 Å². The van der Waals surface area contributed by atoms with E-state index in [1.54, 1.807) is 7.05 Å². The Hall–Kier alpha value is -0.680. The van der Waals surface area contributed by atoms with Gasteiger partial charge in [0.25, 0.3) is 0 Å². The van der Waals surface area contributed by atoms with E-state index in [1.807, 2.05) is 0 Å². The molecule has 15 heavy (non-hydrogen) atoms. The van der Waals surface area contributed by atoms with Gasteiger partial charge in [-0.05, 0) is 24.7 Å². The standard InChI is InChI=1S/C10H13ClFNO2/c1-13-5-9(14)10(15)6-2-3-7(11)8(12)4-6/h2-4,9-10,13-15H,5H2,1H3. The fourth-order valence-corrected chi connectivity index (χ4v) is 1.36. The topological polar surface area (TPSA) is 52.5 Å². The summed E-state index contributed by atoms with van der Waals surface area (Å²) in [5.74, 6) is -0.607. The second kappa shape index (κ2) is 5.42. The van der Waals surface area contributed by atoms with Crippen molar-refractivity contribution >= 4 is 11.6 Å². The van der Waals surface area contributed by atoms with E-state index in [4.69, 9.17) is 11.6 Å². The highest BCUT2D eigenvalue weighted by Gasteiger charge is 2.18. The van der Waals surface area contributed by atoms with Gasteiger partial charge in [0.15, 0.2) is 0 Å². The van der Waals surface area contributed by atoms with Crippen molar-refractivity contribution in [3.05, 3.63) is 34.6 Å². The highest BCUT2D eigenvalue weighted by Crippen LogP contribution is 2.22. The number of aliphatic hydroxyl groups is 2. The van der Waals surface area contributed by atoms with Gasteiger partial charge in [0, 0.05) is 6.54 Å². The number of halogens is 2. The smallest absolute Gasteiger partial charge is 0.142 e. The molecule has 0 radical (unpaired) electrons. The van der Waals surface area contributed by atoms with E-state index in [-0.39, 0.29) is 11.6 Å². The van der Waals surface area contributed by atoms with E-state index in [1.165, 1.54) is 12.1 Å². The molecule has 0 aliphatic rings. The van der Waals surface area contributed by atoms with Crippen LogP contribution in [-0.2, 0) is 0 Å². The SMILES string of the molecule is CNCC(O)C(O)c1ccc(Cl)c(F)c1. The second-order valence-electron chi connectivity index (χ2n) is 3.24. The van der Waals surface area contributed by atoms with E-state index in [0.29, 0.717) is 5.56 Å². The van der Waals surface area contributed by atoms with Crippen LogP contribution in [0.15, 0.2) is 18.2 Å². The Bertz CT molecular complexity index is 335. The molecule has 5 heteroatoms. The number of aliphatic hydroxyl groups excluding tert-OH is 2. The predicted octanol–water partition coefficient (Wildman–Crippen LogP) is 1.09. The maximum atomic E-state index is 13.0. The van der Waals surface area contributed by atoms with Crippen LogP contribution in [0.1, 0.15) is 11.7 Å². The Morgan fingerprint density at radius 2 is 2.13 bits per heavy atom. The summed E-state index contributed by atoms with van der Waals surface area (Å²) in [4.78, 5) is 0. The van der Waals surface area contributed by atoms with Gasteiger partial charge >= 0.3 is 0 Å². The number of likely N-dealkylation sites (N-methyl/N-ethyl adjacent to an activating group) is 1. The number of benzene rings is 1. The van der Waals surface area contributed by atoms with Crippen molar-refractivity contribution in [1.29, 1.82) is 0 Å². The minimum absolute atomic E-state index is 0.00550. The van der Waals surface area contributed by atoms with Crippen LogP contribution in [0.3, 0.4) is 0 Å². The van der Waals surface area contributed by atoms with Crippen molar-refractivity contribution in [2.24, 2.45) is 0 Å². The van der Waals surface area contributed by atoms with E-state index in [0.717, 1.165) is 6.07 Å².